The second kappa shape index (κ2) is 10.0. The third-order valence-corrected chi connectivity index (χ3v) is 4.36. The van der Waals surface area contributed by atoms with E-state index in [1.165, 1.54) is 25.3 Å². The zero-order valence-electron chi connectivity index (χ0n) is 11.7. The molecule has 0 aliphatic rings. The molecule has 0 aromatic heterocycles. The Bertz CT molecular complexity index is 368. The molecule has 1 atom stereocenters. The third kappa shape index (κ3) is 6.79. The molecule has 0 saturated heterocycles. The molecule has 0 aliphatic heterocycles. The van der Waals surface area contributed by atoms with Gasteiger partial charge in [-0.2, -0.15) is 0 Å². The van der Waals surface area contributed by atoms with Gasteiger partial charge in [0.15, 0.2) is 0 Å². The minimum Gasteiger partial charge on any atom is -0.316 e. The number of hydrogen-bond donors (Lipinski definition) is 1. The Kier molecular flexibility index (Phi) is 8.59. The molecule has 0 amide bonds. The van der Waals surface area contributed by atoms with E-state index in [4.69, 9.17) is 0 Å². The van der Waals surface area contributed by atoms with Crippen molar-refractivity contribution in [1.82, 2.24) is 5.32 Å². The molecule has 0 bridgehead atoms. The van der Waals surface area contributed by atoms with Crippen molar-refractivity contribution in [2.45, 2.75) is 43.0 Å². The molecule has 1 N–H and O–H groups in total. The summed E-state index contributed by atoms with van der Waals surface area (Å²) in [6, 6.07) is 7.43. The number of nitrogens with one attached hydrogen (secondary N) is 1. The molecule has 1 nitrogen and oxygen atoms in total. The molecule has 1 unspecified atom stereocenters. The molecule has 0 spiro atoms. The highest BCUT2D eigenvalue weighted by Gasteiger charge is 2.08. The van der Waals surface area contributed by atoms with E-state index in [1.807, 2.05) is 25.3 Å². The van der Waals surface area contributed by atoms with Crippen LogP contribution in [0.4, 0.5) is 4.39 Å². The van der Waals surface area contributed by atoms with Gasteiger partial charge in [-0.05, 0) is 38.4 Å². The summed E-state index contributed by atoms with van der Waals surface area (Å²) in [5.74, 6) is 0.798. The van der Waals surface area contributed by atoms with E-state index in [9.17, 15) is 4.39 Å². The summed E-state index contributed by atoms with van der Waals surface area (Å²) in [4.78, 5) is 0.745. The molecule has 1 rings (SSSR count). The Morgan fingerprint density at radius 2 is 2.11 bits per heavy atom. The van der Waals surface area contributed by atoms with Gasteiger partial charge in [-0.15, -0.1) is 18.3 Å². The molecule has 3 heteroatoms. The lowest BCUT2D eigenvalue weighted by Gasteiger charge is -2.15. The predicted molar refractivity (Wildman–Crippen MR) is 83.3 cm³/mol. The predicted octanol–water partition coefficient (Wildman–Crippen LogP) is 4.64. The van der Waals surface area contributed by atoms with Gasteiger partial charge >= 0.3 is 0 Å². The summed E-state index contributed by atoms with van der Waals surface area (Å²) >= 11 is 1.59. The van der Waals surface area contributed by atoms with Crippen molar-refractivity contribution >= 4 is 11.8 Å². The molecule has 0 heterocycles. The van der Waals surface area contributed by atoms with Crippen LogP contribution >= 0.6 is 11.8 Å². The van der Waals surface area contributed by atoms with Crippen LogP contribution in [0.25, 0.3) is 0 Å². The van der Waals surface area contributed by atoms with Gasteiger partial charge in [0.1, 0.15) is 5.82 Å². The number of hydrogen-bond acceptors (Lipinski definition) is 2. The zero-order valence-corrected chi connectivity index (χ0v) is 12.5. The normalized spacial score (nSPS) is 12.3. The molecule has 0 radical (unpaired) electrons. The van der Waals surface area contributed by atoms with Crippen LogP contribution in [-0.4, -0.2) is 18.8 Å². The SMILES string of the molecule is C=CCCCCCC(CSc1ccccc1F)NC. The minimum atomic E-state index is -0.117. The molecule has 0 saturated carbocycles. The molecule has 106 valence electrons. The van der Waals surface area contributed by atoms with Gasteiger partial charge in [0.25, 0.3) is 0 Å². The van der Waals surface area contributed by atoms with Gasteiger partial charge in [-0.3, -0.25) is 0 Å². The van der Waals surface area contributed by atoms with E-state index in [1.54, 1.807) is 17.8 Å². The van der Waals surface area contributed by atoms with Gasteiger partial charge in [0.2, 0.25) is 0 Å². The number of thioether (sulfide) groups is 1. The fraction of sp³-hybridized carbons (Fsp3) is 0.500. The summed E-state index contributed by atoms with van der Waals surface area (Å²) < 4.78 is 13.5. The maximum Gasteiger partial charge on any atom is 0.136 e. The van der Waals surface area contributed by atoms with E-state index in [0.717, 1.165) is 23.5 Å². The topological polar surface area (TPSA) is 12.0 Å². The lowest BCUT2D eigenvalue weighted by molar-refractivity contribution is 0.526. The van der Waals surface area contributed by atoms with E-state index in [-0.39, 0.29) is 5.82 Å². The average molecular weight is 281 g/mol. The van der Waals surface area contributed by atoms with Gasteiger partial charge in [-0.25, -0.2) is 4.39 Å². The Labute approximate surface area is 120 Å². The lowest BCUT2D eigenvalue weighted by atomic mass is 10.1. The van der Waals surface area contributed by atoms with Gasteiger partial charge < -0.3 is 5.32 Å². The van der Waals surface area contributed by atoms with Crippen molar-refractivity contribution in [1.29, 1.82) is 0 Å². The second-order valence-corrected chi connectivity index (χ2v) is 5.72. The van der Waals surface area contributed by atoms with E-state index < -0.39 is 0 Å². The van der Waals surface area contributed by atoms with Crippen molar-refractivity contribution in [3.05, 3.63) is 42.7 Å². The lowest BCUT2D eigenvalue weighted by Crippen LogP contribution is -2.27. The maximum atomic E-state index is 13.5. The maximum absolute atomic E-state index is 13.5. The smallest absolute Gasteiger partial charge is 0.136 e. The quantitative estimate of drug-likeness (QED) is 0.381. The molecule has 0 fully saturated rings. The van der Waals surface area contributed by atoms with E-state index in [0.29, 0.717) is 6.04 Å². The largest absolute Gasteiger partial charge is 0.316 e. The molecule has 1 aromatic carbocycles. The van der Waals surface area contributed by atoms with Crippen molar-refractivity contribution in [2.24, 2.45) is 0 Å². The minimum absolute atomic E-state index is 0.117. The van der Waals surface area contributed by atoms with Gasteiger partial charge in [0.05, 0.1) is 0 Å². The van der Waals surface area contributed by atoms with Crippen LogP contribution in [0, 0.1) is 5.82 Å². The molecule has 0 aliphatic carbocycles. The Morgan fingerprint density at radius 1 is 1.32 bits per heavy atom. The summed E-state index contributed by atoms with van der Waals surface area (Å²) in [5.41, 5.74) is 0. The van der Waals surface area contributed by atoms with Crippen LogP contribution in [0.1, 0.15) is 32.1 Å². The van der Waals surface area contributed by atoms with Crippen molar-refractivity contribution in [3.63, 3.8) is 0 Å². The van der Waals surface area contributed by atoms with Crippen LogP contribution in [0.5, 0.6) is 0 Å². The Hall–Kier alpha value is -0.800. The third-order valence-electron chi connectivity index (χ3n) is 3.15. The van der Waals surface area contributed by atoms with Crippen molar-refractivity contribution in [2.75, 3.05) is 12.8 Å². The standard InChI is InChI=1S/C16H24FNS/c1-3-4-5-6-7-10-14(18-2)13-19-16-12-9-8-11-15(16)17/h3,8-9,11-12,14,18H,1,4-7,10,13H2,2H3. The van der Waals surface area contributed by atoms with Crippen LogP contribution < -0.4 is 5.32 Å². The second-order valence-electron chi connectivity index (χ2n) is 4.65. The summed E-state index contributed by atoms with van der Waals surface area (Å²) in [6.45, 7) is 3.73. The first-order valence-electron chi connectivity index (χ1n) is 6.93. The number of rotatable bonds is 10. The van der Waals surface area contributed by atoms with Crippen molar-refractivity contribution < 1.29 is 4.39 Å². The highest BCUT2D eigenvalue weighted by molar-refractivity contribution is 7.99. The summed E-state index contributed by atoms with van der Waals surface area (Å²) in [7, 11) is 1.98. The Balaban J connectivity index is 2.25. The molecule has 19 heavy (non-hydrogen) atoms. The van der Waals surface area contributed by atoms with Crippen LogP contribution in [0.3, 0.4) is 0 Å². The molecular formula is C16H24FNS. The van der Waals surface area contributed by atoms with E-state index >= 15 is 0 Å². The first-order valence-corrected chi connectivity index (χ1v) is 7.92. The number of benzene rings is 1. The first-order chi connectivity index (χ1) is 9.27. The van der Waals surface area contributed by atoms with Crippen LogP contribution in [0.15, 0.2) is 41.8 Å². The number of allylic oxidation sites excluding steroid dienone is 1. The van der Waals surface area contributed by atoms with Crippen LogP contribution in [0.2, 0.25) is 0 Å². The van der Waals surface area contributed by atoms with Gasteiger partial charge in [0, 0.05) is 16.7 Å². The number of unbranched alkanes of at least 4 members (excludes halogenated alkanes) is 3. The first kappa shape index (κ1) is 16.3. The fourth-order valence-corrected chi connectivity index (χ4v) is 3.01. The number of halogens is 1. The fourth-order valence-electron chi connectivity index (χ4n) is 1.92. The molecule has 1 aromatic rings. The monoisotopic (exact) mass is 281 g/mol. The highest BCUT2D eigenvalue weighted by Crippen LogP contribution is 2.23. The van der Waals surface area contributed by atoms with Crippen molar-refractivity contribution in [3.8, 4) is 0 Å². The highest BCUT2D eigenvalue weighted by atomic mass is 32.2. The van der Waals surface area contributed by atoms with Gasteiger partial charge in [-0.1, -0.05) is 31.1 Å². The average Bonchev–Trinajstić information content (AvgIpc) is 2.43. The Morgan fingerprint density at radius 3 is 2.79 bits per heavy atom. The van der Waals surface area contributed by atoms with E-state index in [2.05, 4.69) is 11.9 Å². The summed E-state index contributed by atoms with van der Waals surface area (Å²) in [6.07, 6.45) is 7.92. The zero-order chi connectivity index (χ0) is 13.9. The van der Waals surface area contributed by atoms with Crippen LogP contribution in [-0.2, 0) is 0 Å². The molecular weight excluding hydrogens is 257 g/mol. The summed E-state index contributed by atoms with van der Waals surface area (Å²) in [5, 5.41) is 3.32.